The van der Waals surface area contributed by atoms with Gasteiger partial charge in [-0.05, 0) is 25.7 Å². The number of amides is 3. The van der Waals surface area contributed by atoms with Gasteiger partial charge in [0.1, 0.15) is 12.7 Å². The van der Waals surface area contributed by atoms with Crippen molar-refractivity contribution in [3.05, 3.63) is 0 Å². The van der Waals surface area contributed by atoms with Crippen LogP contribution in [0.5, 0.6) is 0 Å². The molecule has 3 amide bonds. The van der Waals surface area contributed by atoms with E-state index >= 15 is 0 Å². The molecule has 0 spiro atoms. The van der Waals surface area contributed by atoms with Crippen molar-refractivity contribution in [1.82, 2.24) is 10.6 Å². The second-order valence-electron chi connectivity index (χ2n) is 3.58. The van der Waals surface area contributed by atoms with E-state index in [1.165, 1.54) is 0 Å². The standard InChI is InChI=1S/C10H14N4O3/c1-2-17-14-8(5-11)9(15)13-10(16)12-6-7-3-4-7/h7H,2-4,6H2,1H3,(H2,12,13,15,16)/b14-8+. The molecule has 0 radical (unpaired) electrons. The predicted octanol–water partition coefficient (Wildman–Crippen LogP) is 0.138. The number of hydrogen-bond donors (Lipinski definition) is 2. The number of carbonyl (C=O) groups excluding carboxylic acids is 2. The van der Waals surface area contributed by atoms with E-state index in [9.17, 15) is 9.59 Å². The third kappa shape index (κ3) is 4.97. The number of carbonyl (C=O) groups is 2. The van der Waals surface area contributed by atoms with Crippen LogP contribution >= 0.6 is 0 Å². The van der Waals surface area contributed by atoms with Crippen LogP contribution in [0.2, 0.25) is 0 Å². The van der Waals surface area contributed by atoms with Gasteiger partial charge in [0.2, 0.25) is 5.71 Å². The number of rotatable bonds is 5. The summed E-state index contributed by atoms with van der Waals surface area (Å²) in [6.45, 7) is 2.45. The van der Waals surface area contributed by atoms with E-state index in [0.29, 0.717) is 12.5 Å². The molecule has 0 aromatic carbocycles. The molecule has 7 nitrogen and oxygen atoms in total. The molecule has 2 N–H and O–H groups in total. The Morgan fingerprint density at radius 1 is 1.53 bits per heavy atom. The molecule has 0 aromatic heterocycles. The number of nitrogens with one attached hydrogen (secondary N) is 2. The molecule has 1 aliphatic rings. The number of hydrogen-bond acceptors (Lipinski definition) is 5. The molecule has 17 heavy (non-hydrogen) atoms. The summed E-state index contributed by atoms with van der Waals surface area (Å²) >= 11 is 0. The van der Waals surface area contributed by atoms with Crippen molar-refractivity contribution >= 4 is 17.6 Å². The Balaban J connectivity index is 2.34. The van der Waals surface area contributed by atoms with E-state index in [2.05, 4.69) is 15.3 Å². The average Bonchev–Trinajstić information content (AvgIpc) is 3.11. The van der Waals surface area contributed by atoms with E-state index in [4.69, 9.17) is 5.26 Å². The van der Waals surface area contributed by atoms with Crippen molar-refractivity contribution in [1.29, 1.82) is 5.26 Å². The van der Waals surface area contributed by atoms with E-state index < -0.39 is 17.6 Å². The van der Waals surface area contributed by atoms with Crippen LogP contribution in [0.25, 0.3) is 0 Å². The van der Waals surface area contributed by atoms with E-state index in [1.54, 1.807) is 13.0 Å². The van der Waals surface area contributed by atoms with Gasteiger partial charge in [-0.1, -0.05) is 5.16 Å². The molecule has 0 heterocycles. The lowest BCUT2D eigenvalue weighted by Gasteiger charge is -2.04. The minimum Gasteiger partial charge on any atom is -0.395 e. The number of urea groups is 1. The second kappa shape index (κ2) is 6.48. The Morgan fingerprint density at radius 2 is 2.24 bits per heavy atom. The lowest BCUT2D eigenvalue weighted by Crippen LogP contribution is -2.43. The lowest BCUT2D eigenvalue weighted by atomic mass is 10.4. The first-order valence-corrected chi connectivity index (χ1v) is 5.36. The van der Waals surface area contributed by atoms with Crippen LogP contribution < -0.4 is 10.6 Å². The Kier molecular flexibility index (Phi) is 4.94. The topological polar surface area (TPSA) is 104 Å². The maximum Gasteiger partial charge on any atom is 0.321 e. The van der Waals surface area contributed by atoms with Crippen molar-refractivity contribution in [2.45, 2.75) is 19.8 Å². The SMILES string of the molecule is CCO/N=C(\C#N)C(=O)NC(=O)NCC1CC1. The summed E-state index contributed by atoms with van der Waals surface area (Å²) in [5.74, 6) is -0.349. The molecule has 0 aliphatic heterocycles. The fourth-order valence-corrected chi connectivity index (χ4v) is 1.01. The predicted molar refractivity (Wildman–Crippen MR) is 58.9 cm³/mol. The third-order valence-electron chi connectivity index (χ3n) is 2.08. The van der Waals surface area contributed by atoms with Crippen molar-refractivity contribution in [3.8, 4) is 6.07 Å². The summed E-state index contributed by atoms with van der Waals surface area (Å²) in [5.41, 5.74) is -0.478. The van der Waals surface area contributed by atoms with Crippen molar-refractivity contribution in [3.63, 3.8) is 0 Å². The van der Waals surface area contributed by atoms with Crippen LogP contribution in [-0.4, -0.2) is 30.8 Å². The van der Waals surface area contributed by atoms with Gasteiger partial charge in [0.25, 0.3) is 5.91 Å². The van der Waals surface area contributed by atoms with Crippen LogP contribution in [0.3, 0.4) is 0 Å². The van der Waals surface area contributed by atoms with Crippen molar-refractivity contribution in [2.24, 2.45) is 11.1 Å². The maximum absolute atomic E-state index is 11.3. The molecule has 7 heteroatoms. The normalized spacial score (nSPS) is 14.7. The van der Waals surface area contributed by atoms with Gasteiger partial charge in [-0.25, -0.2) is 4.79 Å². The molecule has 1 rings (SSSR count). The Morgan fingerprint density at radius 3 is 2.76 bits per heavy atom. The summed E-state index contributed by atoms with van der Waals surface area (Å²) in [6.07, 6.45) is 2.20. The zero-order valence-corrected chi connectivity index (χ0v) is 9.52. The first kappa shape index (κ1) is 13.0. The van der Waals surface area contributed by atoms with Gasteiger partial charge in [0.05, 0.1) is 0 Å². The van der Waals surface area contributed by atoms with E-state index in [0.717, 1.165) is 12.8 Å². The van der Waals surface area contributed by atoms with Gasteiger partial charge in [-0.3, -0.25) is 10.1 Å². The highest BCUT2D eigenvalue weighted by Crippen LogP contribution is 2.27. The minimum atomic E-state index is -0.866. The summed E-state index contributed by atoms with van der Waals surface area (Å²) < 4.78 is 0. The molecule has 1 aliphatic carbocycles. The molecule has 0 unspecified atom stereocenters. The Labute approximate surface area is 98.8 Å². The summed E-state index contributed by atoms with van der Waals surface area (Å²) in [6, 6.07) is 0.928. The molecule has 0 atom stereocenters. The van der Waals surface area contributed by atoms with E-state index in [1.807, 2.05) is 5.32 Å². The maximum atomic E-state index is 11.3. The average molecular weight is 238 g/mol. The number of nitriles is 1. The number of imide groups is 1. The van der Waals surface area contributed by atoms with Crippen molar-refractivity contribution in [2.75, 3.05) is 13.2 Å². The monoisotopic (exact) mass is 238 g/mol. The Bertz CT molecular complexity index is 368. The van der Waals surface area contributed by atoms with Crippen LogP contribution in [0.4, 0.5) is 4.79 Å². The largest absolute Gasteiger partial charge is 0.395 e. The molecule has 0 bridgehead atoms. The fraction of sp³-hybridized carbons (Fsp3) is 0.600. The third-order valence-corrected chi connectivity index (χ3v) is 2.08. The molecular weight excluding hydrogens is 224 g/mol. The van der Waals surface area contributed by atoms with Gasteiger partial charge in [0, 0.05) is 6.54 Å². The summed E-state index contributed by atoms with van der Waals surface area (Å²) in [7, 11) is 0. The zero-order valence-electron chi connectivity index (χ0n) is 9.52. The Hall–Kier alpha value is -2.10. The smallest absolute Gasteiger partial charge is 0.321 e. The highest BCUT2D eigenvalue weighted by molar-refractivity contribution is 6.46. The quantitative estimate of drug-likeness (QED) is 0.525. The van der Waals surface area contributed by atoms with Crippen LogP contribution in [0.1, 0.15) is 19.8 Å². The van der Waals surface area contributed by atoms with Crippen LogP contribution in [0.15, 0.2) is 5.16 Å². The van der Waals surface area contributed by atoms with Crippen LogP contribution in [0, 0.1) is 17.2 Å². The molecule has 1 fully saturated rings. The van der Waals surface area contributed by atoms with E-state index in [-0.39, 0.29) is 6.61 Å². The molecule has 0 aromatic rings. The first-order chi connectivity index (χ1) is 8.17. The van der Waals surface area contributed by atoms with Gasteiger partial charge in [-0.2, -0.15) is 5.26 Å². The zero-order chi connectivity index (χ0) is 12.7. The van der Waals surface area contributed by atoms with Gasteiger partial charge in [0.15, 0.2) is 0 Å². The molecule has 92 valence electrons. The highest BCUT2D eigenvalue weighted by atomic mass is 16.6. The fourth-order valence-electron chi connectivity index (χ4n) is 1.01. The van der Waals surface area contributed by atoms with Crippen molar-refractivity contribution < 1.29 is 14.4 Å². The van der Waals surface area contributed by atoms with Gasteiger partial charge < -0.3 is 10.2 Å². The second-order valence-corrected chi connectivity index (χ2v) is 3.58. The molecule has 1 saturated carbocycles. The molecular formula is C10H14N4O3. The van der Waals surface area contributed by atoms with Gasteiger partial charge in [-0.15, -0.1) is 0 Å². The number of nitrogens with zero attached hydrogens (tertiary/aromatic N) is 2. The summed E-state index contributed by atoms with van der Waals surface area (Å²) in [4.78, 5) is 27.1. The summed E-state index contributed by atoms with van der Waals surface area (Å²) in [5, 5.41) is 16.4. The minimum absolute atomic E-state index is 0.242. The highest BCUT2D eigenvalue weighted by Gasteiger charge is 2.22. The first-order valence-electron chi connectivity index (χ1n) is 5.36. The van der Waals surface area contributed by atoms with Gasteiger partial charge >= 0.3 is 6.03 Å². The number of oxime groups is 1. The lowest BCUT2D eigenvalue weighted by molar-refractivity contribution is -0.113. The van der Waals surface area contributed by atoms with Crippen LogP contribution in [-0.2, 0) is 9.63 Å². The molecule has 0 saturated heterocycles.